The molecule has 0 saturated carbocycles. The molecule has 2 heterocycles. The van der Waals surface area contributed by atoms with E-state index in [0.717, 1.165) is 49.7 Å². The van der Waals surface area contributed by atoms with Crippen LogP contribution >= 0.6 is 11.3 Å². The summed E-state index contributed by atoms with van der Waals surface area (Å²) < 4.78 is 24.0. The molecule has 1 amide bonds. The lowest BCUT2D eigenvalue weighted by molar-refractivity contribution is 0.0342. The molecule has 1 saturated heterocycles. The fraction of sp³-hybridized carbons (Fsp3) is 0.261. The van der Waals surface area contributed by atoms with Gasteiger partial charge < -0.3 is 14.8 Å². The summed E-state index contributed by atoms with van der Waals surface area (Å²) in [6, 6.07) is 15.6. The van der Waals surface area contributed by atoms with Crippen molar-refractivity contribution in [3.05, 3.63) is 81.8 Å². The van der Waals surface area contributed by atoms with Gasteiger partial charge in [-0.05, 0) is 53.4 Å². The summed E-state index contributed by atoms with van der Waals surface area (Å²) in [6.45, 7) is 4.55. The van der Waals surface area contributed by atoms with Crippen molar-refractivity contribution < 1.29 is 18.7 Å². The summed E-state index contributed by atoms with van der Waals surface area (Å²) in [5.74, 6) is 0.146. The predicted molar refractivity (Wildman–Crippen MR) is 116 cm³/mol. The molecule has 2 aromatic carbocycles. The molecule has 0 radical (unpaired) electrons. The van der Waals surface area contributed by atoms with Gasteiger partial charge in [0.25, 0.3) is 5.91 Å². The predicted octanol–water partition coefficient (Wildman–Crippen LogP) is 4.55. The molecule has 156 valence electrons. The minimum Gasteiger partial charge on any atom is -0.489 e. The van der Waals surface area contributed by atoms with E-state index in [0.29, 0.717) is 17.2 Å². The number of morpholine rings is 1. The Morgan fingerprint density at radius 1 is 1.10 bits per heavy atom. The van der Waals surface area contributed by atoms with Gasteiger partial charge in [0.05, 0.1) is 18.1 Å². The first-order chi connectivity index (χ1) is 14.7. The van der Waals surface area contributed by atoms with Gasteiger partial charge in [0.2, 0.25) is 0 Å². The van der Waals surface area contributed by atoms with Gasteiger partial charge in [-0.25, -0.2) is 4.39 Å². The second-order valence-electron chi connectivity index (χ2n) is 7.10. The number of rotatable bonds is 7. The maximum absolute atomic E-state index is 13.0. The van der Waals surface area contributed by atoms with E-state index in [1.165, 1.54) is 23.5 Å². The van der Waals surface area contributed by atoms with Crippen molar-refractivity contribution in [1.82, 2.24) is 4.90 Å². The molecule has 1 fully saturated rings. The number of amides is 1. The summed E-state index contributed by atoms with van der Waals surface area (Å²) in [4.78, 5) is 15.6. The summed E-state index contributed by atoms with van der Waals surface area (Å²) in [5, 5.41) is 4.87. The Balaban J connectivity index is 1.32. The van der Waals surface area contributed by atoms with Gasteiger partial charge in [-0.2, -0.15) is 0 Å². The second-order valence-corrected chi connectivity index (χ2v) is 8.02. The summed E-state index contributed by atoms with van der Waals surface area (Å²) in [5.41, 5.74) is 2.84. The molecular weight excluding hydrogens is 403 g/mol. The highest BCUT2D eigenvalue weighted by atomic mass is 32.1. The number of hydrogen-bond donors (Lipinski definition) is 1. The number of carbonyl (C=O) groups is 1. The average Bonchev–Trinajstić information content (AvgIpc) is 3.24. The lowest BCUT2D eigenvalue weighted by atomic mass is 10.2. The molecule has 0 aliphatic carbocycles. The van der Waals surface area contributed by atoms with Gasteiger partial charge in [-0.15, -0.1) is 11.3 Å². The van der Waals surface area contributed by atoms with Crippen LogP contribution in [-0.4, -0.2) is 37.1 Å². The van der Waals surface area contributed by atoms with Crippen LogP contribution in [0.15, 0.2) is 60.0 Å². The van der Waals surface area contributed by atoms with E-state index in [9.17, 15) is 9.18 Å². The first-order valence-electron chi connectivity index (χ1n) is 9.82. The van der Waals surface area contributed by atoms with E-state index in [-0.39, 0.29) is 11.7 Å². The molecule has 1 N–H and O–H groups in total. The Morgan fingerprint density at radius 2 is 1.90 bits per heavy atom. The molecule has 0 atom stereocenters. The van der Waals surface area contributed by atoms with Gasteiger partial charge >= 0.3 is 0 Å². The quantitative estimate of drug-likeness (QED) is 0.602. The Morgan fingerprint density at radius 3 is 2.70 bits per heavy atom. The van der Waals surface area contributed by atoms with Gasteiger partial charge in [-0.1, -0.05) is 12.1 Å². The topological polar surface area (TPSA) is 50.8 Å². The molecule has 1 aliphatic heterocycles. The fourth-order valence-corrected chi connectivity index (χ4v) is 4.02. The number of benzene rings is 2. The molecular formula is C23H23FN2O3S. The molecule has 0 unspecified atom stereocenters. The zero-order valence-electron chi connectivity index (χ0n) is 16.5. The van der Waals surface area contributed by atoms with Crippen LogP contribution in [0.4, 0.5) is 10.1 Å². The zero-order valence-corrected chi connectivity index (χ0v) is 17.3. The molecule has 30 heavy (non-hydrogen) atoms. The Bertz CT molecular complexity index is 984. The summed E-state index contributed by atoms with van der Waals surface area (Å²) in [7, 11) is 0. The third-order valence-electron chi connectivity index (χ3n) is 4.79. The van der Waals surface area contributed by atoms with Crippen molar-refractivity contribution in [3.8, 4) is 5.75 Å². The van der Waals surface area contributed by atoms with Crippen LogP contribution in [0.1, 0.15) is 20.8 Å². The molecule has 5 nitrogen and oxygen atoms in total. The molecule has 7 heteroatoms. The number of ether oxygens (including phenoxy) is 2. The number of anilines is 1. The van der Waals surface area contributed by atoms with E-state index in [1.54, 1.807) is 12.1 Å². The van der Waals surface area contributed by atoms with Gasteiger partial charge in [0, 0.05) is 30.9 Å². The largest absolute Gasteiger partial charge is 0.489 e. The van der Waals surface area contributed by atoms with Crippen LogP contribution < -0.4 is 10.1 Å². The van der Waals surface area contributed by atoms with E-state index in [4.69, 9.17) is 9.47 Å². The molecule has 4 rings (SSSR count). The number of hydrogen-bond acceptors (Lipinski definition) is 5. The molecule has 1 aromatic heterocycles. The van der Waals surface area contributed by atoms with Crippen LogP contribution in [-0.2, 0) is 17.9 Å². The number of thiophene rings is 1. The highest BCUT2D eigenvalue weighted by molar-refractivity contribution is 7.12. The SMILES string of the molecule is O=C(Nc1cccc(CN2CCOCC2)c1)c1cc(COc2ccc(F)cc2)cs1. The average molecular weight is 427 g/mol. The maximum Gasteiger partial charge on any atom is 0.265 e. The van der Waals surface area contributed by atoms with E-state index in [2.05, 4.69) is 16.3 Å². The van der Waals surface area contributed by atoms with E-state index >= 15 is 0 Å². The van der Waals surface area contributed by atoms with Gasteiger partial charge in [-0.3, -0.25) is 9.69 Å². The Labute approximate surface area is 179 Å². The lowest BCUT2D eigenvalue weighted by Gasteiger charge is -2.26. The maximum atomic E-state index is 13.0. The van der Waals surface area contributed by atoms with Crippen molar-refractivity contribution >= 4 is 22.9 Å². The Kier molecular flexibility index (Phi) is 6.74. The molecule has 3 aromatic rings. The molecule has 1 aliphatic rings. The van der Waals surface area contributed by atoms with Crippen LogP contribution in [0.5, 0.6) is 5.75 Å². The summed E-state index contributed by atoms with van der Waals surface area (Å²) >= 11 is 1.37. The highest BCUT2D eigenvalue weighted by Gasteiger charge is 2.13. The van der Waals surface area contributed by atoms with E-state index < -0.39 is 0 Å². The van der Waals surface area contributed by atoms with Crippen LogP contribution in [0.25, 0.3) is 0 Å². The minimum absolute atomic E-state index is 0.142. The van der Waals surface area contributed by atoms with Gasteiger partial charge in [0.1, 0.15) is 18.2 Å². The summed E-state index contributed by atoms with van der Waals surface area (Å²) in [6.07, 6.45) is 0. The van der Waals surface area contributed by atoms with Crippen molar-refractivity contribution in [2.45, 2.75) is 13.2 Å². The first kappa shape index (κ1) is 20.5. The van der Waals surface area contributed by atoms with Crippen LogP contribution in [0.2, 0.25) is 0 Å². The number of nitrogens with zero attached hydrogens (tertiary/aromatic N) is 1. The number of nitrogens with one attached hydrogen (secondary N) is 1. The highest BCUT2D eigenvalue weighted by Crippen LogP contribution is 2.20. The zero-order chi connectivity index (χ0) is 20.8. The fourth-order valence-electron chi connectivity index (χ4n) is 3.23. The van der Waals surface area contributed by atoms with Crippen molar-refractivity contribution in [3.63, 3.8) is 0 Å². The third kappa shape index (κ3) is 5.66. The first-order valence-corrected chi connectivity index (χ1v) is 10.7. The van der Waals surface area contributed by atoms with Crippen LogP contribution in [0.3, 0.4) is 0 Å². The number of carbonyl (C=O) groups excluding carboxylic acids is 1. The van der Waals surface area contributed by atoms with Crippen molar-refractivity contribution in [2.24, 2.45) is 0 Å². The molecule has 0 spiro atoms. The van der Waals surface area contributed by atoms with Gasteiger partial charge in [0.15, 0.2) is 0 Å². The van der Waals surface area contributed by atoms with Crippen molar-refractivity contribution in [1.29, 1.82) is 0 Å². The van der Waals surface area contributed by atoms with Crippen molar-refractivity contribution in [2.75, 3.05) is 31.6 Å². The smallest absolute Gasteiger partial charge is 0.265 e. The number of halogens is 1. The molecule has 0 bridgehead atoms. The minimum atomic E-state index is -0.300. The second kappa shape index (κ2) is 9.84. The third-order valence-corrected chi connectivity index (χ3v) is 5.77. The Hall–Kier alpha value is -2.74. The van der Waals surface area contributed by atoms with E-state index in [1.807, 2.05) is 29.6 Å². The lowest BCUT2D eigenvalue weighted by Crippen LogP contribution is -2.35. The van der Waals surface area contributed by atoms with Crippen LogP contribution in [0, 0.1) is 5.82 Å². The normalized spacial score (nSPS) is 14.4. The standard InChI is InChI=1S/C23H23FN2O3S/c24-19-4-6-21(7-5-19)29-15-18-13-22(30-16-18)23(27)25-20-3-1-2-17(12-20)14-26-8-10-28-11-9-26/h1-7,12-13,16H,8-11,14-15H2,(H,25,27). The monoisotopic (exact) mass is 426 g/mol.